The van der Waals surface area contributed by atoms with Gasteiger partial charge in [-0.05, 0) is 89.4 Å². The highest BCUT2D eigenvalue weighted by Crippen LogP contribution is 2.45. The summed E-state index contributed by atoms with van der Waals surface area (Å²) in [5.74, 6) is 1.79. The lowest BCUT2D eigenvalue weighted by Gasteiger charge is -2.39. The Morgan fingerprint density at radius 1 is 0.842 bits per heavy atom. The van der Waals surface area contributed by atoms with Crippen molar-refractivity contribution in [2.24, 2.45) is 0 Å². The molecule has 3 rings (SSSR count). The van der Waals surface area contributed by atoms with E-state index in [1.165, 1.54) is 16.7 Å². The second-order valence-corrected chi connectivity index (χ2v) is 23.9. The molecule has 0 atom stereocenters. The lowest BCUT2D eigenvalue weighted by molar-refractivity contribution is 0.472. The monoisotopic (exact) mass is 663 g/mol. The molecule has 0 aliphatic carbocycles. The van der Waals surface area contributed by atoms with Crippen LogP contribution in [0.15, 0.2) is 36.4 Å². The predicted octanol–water partition coefficient (Wildman–Crippen LogP) is 9.24. The summed E-state index contributed by atoms with van der Waals surface area (Å²) in [5, 5.41) is 9.40. The highest BCUT2D eigenvalue weighted by Gasteiger charge is 2.41. The van der Waals surface area contributed by atoms with Crippen molar-refractivity contribution in [3.05, 3.63) is 56.8 Å². The van der Waals surface area contributed by atoms with Gasteiger partial charge in [-0.15, -0.1) is 5.10 Å². The number of benzene rings is 2. The standard InChI is InChI=1S/C30H46IN3O2Si2/c1-13-23-18-24(27-28(31)34(33-32-27)20-22-16-14-21(2)15-17-22)26(36-38(11,12)30(6,7)8)19-25(23)35-37(9,10)29(3,4)5/h14-19H,13,20H2,1-12H3. The Labute approximate surface area is 246 Å². The molecule has 0 saturated heterocycles. The van der Waals surface area contributed by atoms with Crippen LogP contribution < -0.4 is 8.85 Å². The van der Waals surface area contributed by atoms with Crippen LogP contribution in [-0.2, 0) is 13.0 Å². The van der Waals surface area contributed by atoms with E-state index in [-0.39, 0.29) is 10.1 Å². The summed E-state index contributed by atoms with van der Waals surface area (Å²) < 4.78 is 16.8. The van der Waals surface area contributed by atoms with Crippen molar-refractivity contribution in [2.75, 3.05) is 0 Å². The zero-order chi connectivity index (χ0) is 28.7. The first-order valence-electron chi connectivity index (χ1n) is 13.6. The smallest absolute Gasteiger partial charge is 0.250 e. The molecular formula is C30H46IN3O2Si2. The number of rotatable bonds is 8. The molecular weight excluding hydrogens is 617 g/mol. The van der Waals surface area contributed by atoms with Crippen molar-refractivity contribution in [3.8, 4) is 22.8 Å². The minimum atomic E-state index is -2.13. The number of aromatic nitrogens is 3. The van der Waals surface area contributed by atoms with E-state index in [4.69, 9.17) is 8.85 Å². The van der Waals surface area contributed by atoms with Crippen molar-refractivity contribution in [2.45, 2.75) is 105 Å². The predicted molar refractivity (Wildman–Crippen MR) is 173 cm³/mol. The summed E-state index contributed by atoms with van der Waals surface area (Å²) in [5.41, 5.74) is 5.49. The average molecular weight is 664 g/mol. The Kier molecular flexibility index (Phi) is 9.00. The van der Waals surface area contributed by atoms with Crippen molar-refractivity contribution >= 4 is 39.2 Å². The van der Waals surface area contributed by atoms with Crippen LogP contribution in [0, 0.1) is 10.6 Å². The Morgan fingerprint density at radius 2 is 1.37 bits per heavy atom. The fourth-order valence-corrected chi connectivity index (χ4v) is 6.27. The topological polar surface area (TPSA) is 49.2 Å². The number of nitrogens with zero attached hydrogens (tertiary/aromatic N) is 3. The molecule has 3 aromatic rings. The molecule has 8 heteroatoms. The molecule has 0 aliphatic rings. The minimum absolute atomic E-state index is 0.0599. The Morgan fingerprint density at radius 3 is 1.87 bits per heavy atom. The highest BCUT2D eigenvalue weighted by atomic mass is 127. The summed E-state index contributed by atoms with van der Waals surface area (Å²) in [6.45, 7) is 27.8. The highest BCUT2D eigenvalue weighted by molar-refractivity contribution is 14.1. The molecule has 38 heavy (non-hydrogen) atoms. The van der Waals surface area contributed by atoms with Gasteiger partial charge in [0, 0.05) is 11.6 Å². The third kappa shape index (κ3) is 6.73. The molecule has 1 aromatic heterocycles. The van der Waals surface area contributed by atoms with Crippen molar-refractivity contribution in [1.29, 1.82) is 0 Å². The van der Waals surface area contributed by atoms with E-state index in [0.29, 0.717) is 6.54 Å². The fraction of sp³-hybridized carbons (Fsp3) is 0.533. The summed E-state index contributed by atoms with van der Waals surface area (Å²) >= 11 is 2.38. The van der Waals surface area contributed by atoms with Crippen LogP contribution in [-0.4, -0.2) is 31.6 Å². The van der Waals surface area contributed by atoms with E-state index in [1.54, 1.807) is 0 Å². The maximum atomic E-state index is 6.98. The molecule has 2 aromatic carbocycles. The summed E-state index contributed by atoms with van der Waals surface area (Å²) in [4.78, 5) is 0. The first-order chi connectivity index (χ1) is 17.4. The van der Waals surface area contributed by atoms with E-state index in [2.05, 4.69) is 151 Å². The second kappa shape index (κ2) is 11.1. The van der Waals surface area contributed by atoms with Gasteiger partial charge in [0.25, 0.3) is 8.32 Å². The molecule has 0 fully saturated rings. The molecule has 0 N–H and O–H groups in total. The zero-order valence-electron chi connectivity index (χ0n) is 25.4. The van der Waals surface area contributed by atoms with Gasteiger partial charge >= 0.3 is 0 Å². The molecule has 0 saturated carbocycles. The third-order valence-corrected chi connectivity index (χ3v) is 18.0. The van der Waals surface area contributed by atoms with Gasteiger partial charge in [0.05, 0.1) is 6.54 Å². The van der Waals surface area contributed by atoms with E-state index in [1.807, 2.05) is 4.68 Å². The maximum Gasteiger partial charge on any atom is 0.250 e. The number of aryl methyl sites for hydroxylation is 2. The Bertz CT molecular complexity index is 1270. The van der Waals surface area contributed by atoms with Gasteiger partial charge in [0.2, 0.25) is 8.32 Å². The van der Waals surface area contributed by atoms with E-state index < -0.39 is 16.6 Å². The SMILES string of the molecule is CCc1cc(-c2nnn(Cc3ccc(C)cc3)c2I)c(O[Si](C)(C)C(C)(C)C)cc1O[Si](C)(C)C(C)(C)C. The second-order valence-electron chi connectivity index (χ2n) is 13.4. The molecule has 5 nitrogen and oxygen atoms in total. The van der Waals surface area contributed by atoms with Gasteiger partial charge in [0.1, 0.15) is 20.9 Å². The molecule has 0 aliphatic heterocycles. The normalized spacial score (nSPS) is 13.1. The lowest BCUT2D eigenvalue weighted by atomic mass is 10.0. The summed E-state index contributed by atoms with van der Waals surface area (Å²) in [6, 6.07) is 13.0. The van der Waals surface area contributed by atoms with Crippen LogP contribution >= 0.6 is 22.6 Å². The van der Waals surface area contributed by atoms with Gasteiger partial charge < -0.3 is 8.85 Å². The van der Waals surface area contributed by atoms with Crippen molar-refractivity contribution in [1.82, 2.24) is 15.0 Å². The van der Waals surface area contributed by atoms with Crippen molar-refractivity contribution < 1.29 is 8.85 Å². The van der Waals surface area contributed by atoms with Crippen LogP contribution in [0.3, 0.4) is 0 Å². The first kappa shape index (κ1) is 30.9. The molecule has 0 bridgehead atoms. The Hall–Kier alpha value is -1.66. The van der Waals surface area contributed by atoms with Crippen molar-refractivity contribution in [3.63, 3.8) is 0 Å². The molecule has 208 valence electrons. The molecule has 0 radical (unpaired) electrons. The van der Waals surface area contributed by atoms with Gasteiger partial charge in [-0.3, -0.25) is 0 Å². The van der Waals surface area contributed by atoms with E-state index >= 15 is 0 Å². The van der Waals surface area contributed by atoms with Gasteiger partial charge in [-0.25, -0.2) is 4.68 Å². The summed E-state index contributed by atoms with van der Waals surface area (Å²) in [7, 11) is -4.17. The quantitative estimate of drug-likeness (QED) is 0.178. The van der Waals surface area contributed by atoms with Crippen LogP contribution in [0.5, 0.6) is 11.5 Å². The largest absolute Gasteiger partial charge is 0.543 e. The van der Waals surface area contributed by atoms with E-state index in [9.17, 15) is 0 Å². The van der Waals surface area contributed by atoms with Crippen LogP contribution in [0.25, 0.3) is 11.3 Å². The fourth-order valence-electron chi connectivity index (χ4n) is 3.54. The minimum Gasteiger partial charge on any atom is -0.543 e. The Balaban J connectivity index is 2.15. The van der Waals surface area contributed by atoms with Crippen LogP contribution in [0.4, 0.5) is 0 Å². The number of halogens is 1. The zero-order valence-corrected chi connectivity index (χ0v) is 29.6. The molecule has 1 heterocycles. The first-order valence-corrected chi connectivity index (χ1v) is 20.5. The van der Waals surface area contributed by atoms with E-state index in [0.717, 1.165) is 32.9 Å². The van der Waals surface area contributed by atoms with Crippen LogP contribution in [0.1, 0.15) is 65.2 Å². The number of hydrogen-bond donors (Lipinski definition) is 0. The molecule has 0 spiro atoms. The van der Waals surface area contributed by atoms with Gasteiger partial charge in [0.15, 0.2) is 0 Å². The third-order valence-electron chi connectivity index (χ3n) is 8.27. The van der Waals surface area contributed by atoms with Gasteiger partial charge in [-0.2, -0.15) is 0 Å². The number of hydrogen-bond acceptors (Lipinski definition) is 4. The lowest BCUT2D eigenvalue weighted by Crippen LogP contribution is -2.44. The van der Waals surface area contributed by atoms with Crippen LogP contribution in [0.2, 0.25) is 36.3 Å². The maximum absolute atomic E-state index is 6.98. The molecule has 0 unspecified atom stereocenters. The van der Waals surface area contributed by atoms with Gasteiger partial charge in [-0.1, -0.05) is 83.5 Å². The average Bonchev–Trinajstić information content (AvgIpc) is 3.13. The summed E-state index contributed by atoms with van der Waals surface area (Å²) in [6.07, 6.45) is 0.866. The molecule has 0 amide bonds.